The zero-order chi connectivity index (χ0) is 13.1. The summed E-state index contributed by atoms with van der Waals surface area (Å²) in [5, 5.41) is 2.84. The highest BCUT2D eigenvalue weighted by atomic mass is 35.5. The van der Waals surface area contributed by atoms with Crippen molar-refractivity contribution in [3.8, 4) is 0 Å². The Morgan fingerprint density at radius 2 is 1.94 bits per heavy atom. The van der Waals surface area contributed by atoms with Crippen molar-refractivity contribution in [1.29, 1.82) is 0 Å². The number of nitrogens with one attached hydrogen (secondary N) is 1. The normalized spacial score (nSPS) is 21.0. The minimum atomic E-state index is -0.440. The molecule has 1 aliphatic heterocycles. The lowest BCUT2D eigenvalue weighted by Gasteiger charge is -2.36. The molecule has 100 valence electrons. The molecular formula is C12H23ClN2O2. The smallest absolute Gasteiger partial charge is 0.407 e. The van der Waals surface area contributed by atoms with E-state index in [1.807, 2.05) is 20.8 Å². The van der Waals surface area contributed by atoms with Gasteiger partial charge in [-0.05, 0) is 50.8 Å². The predicted molar refractivity (Wildman–Crippen MR) is 69.0 cm³/mol. The molecule has 0 aromatic rings. The van der Waals surface area contributed by atoms with Crippen LogP contribution in [0.15, 0.2) is 0 Å². The highest BCUT2D eigenvalue weighted by Crippen LogP contribution is 2.30. The van der Waals surface area contributed by atoms with Crippen LogP contribution < -0.4 is 5.32 Å². The molecule has 1 aliphatic rings. The van der Waals surface area contributed by atoms with Gasteiger partial charge in [0.25, 0.3) is 0 Å². The first-order valence-electron chi connectivity index (χ1n) is 6.08. The van der Waals surface area contributed by atoms with Crippen LogP contribution in [0.3, 0.4) is 0 Å². The highest BCUT2D eigenvalue weighted by molar-refractivity contribution is 6.13. The van der Waals surface area contributed by atoms with Crippen LogP contribution in [0.2, 0.25) is 0 Å². The van der Waals surface area contributed by atoms with Crippen LogP contribution in [0.5, 0.6) is 0 Å². The Balaban J connectivity index is 2.32. The van der Waals surface area contributed by atoms with Gasteiger partial charge in [0.15, 0.2) is 0 Å². The Kier molecular flexibility index (Phi) is 4.67. The summed E-state index contributed by atoms with van der Waals surface area (Å²) in [5.74, 6) is 0. The molecule has 0 aliphatic carbocycles. The molecule has 0 radical (unpaired) electrons. The van der Waals surface area contributed by atoms with Crippen LogP contribution in [-0.4, -0.2) is 35.7 Å². The van der Waals surface area contributed by atoms with E-state index in [-0.39, 0.29) is 11.5 Å². The molecule has 0 unspecified atom stereocenters. The molecule has 5 heteroatoms. The van der Waals surface area contributed by atoms with Crippen molar-refractivity contribution in [2.24, 2.45) is 5.41 Å². The van der Waals surface area contributed by atoms with Crippen LogP contribution in [0.25, 0.3) is 0 Å². The van der Waals surface area contributed by atoms with Gasteiger partial charge in [-0.1, -0.05) is 6.92 Å². The first-order chi connectivity index (χ1) is 7.70. The molecule has 17 heavy (non-hydrogen) atoms. The summed E-state index contributed by atoms with van der Waals surface area (Å²) in [6.45, 7) is 10.1. The number of hydrogen-bond acceptors (Lipinski definition) is 3. The van der Waals surface area contributed by atoms with Gasteiger partial charge in [-0.2, -0.15) is 0 Å². The van der Waals surface area contributed by atoms with Gasteiger partial charge in [0.05, 0.1) is 0 Å². The number of hydrogen-bond donors (Lipinski definition) is 1. The second-order valence-electron chi connectivity index (χ2n) is 6.08. The maximum Gasteiger partial charge on any atom is 0.407 e. The van der Waals surface area contributed by atoms with Crippen LogP contribution in [0.1, 0.15) is 40.5 Å². The van der Waals surface area contributed by atoms with Crippen LogP contribution in [0.4, 0.5) is 4.79 Å². The van der Waals surface area contributed by atoms with Crippen molar-refractivity contribution in [2.45, 2.75) is 46.1 Å². The number of carbonyl (C=O) groups excluding carboxylic acids is 1. The number of halogens is 1. The standard InChI is InChI=1S/C12H23ClN2O2/c1-11(2,3)17-10(16)14-9-12(4)5-7-15(13)8-6-12/h5-9H2,1-4H3,(H,14,16). The number of carbonyl (C=O) groups is 1. The van der Waals surface area contributed by atoms with Gasteiger partial charge in [0.1, 0.15) is 5.60 Å². The van der Waals surface area contributed by atoms with Crippen molar-refractivity contribution < 1.29 is 9.53 Å². The Hall–Kier alpha value is -0.480. The van der Waals surface area contributed by atoms with E-state index >= 15 is 0 Å². The highest BCUT2D eigenvalue weighted by Gasteiger charge is 2.30. The quantitative estimate of drug-likeness (QED) is 0.778. The summed E-state index contributed by atoms with van der Waals surface area (Å²) in [6.07, 6.45) is 1.64. The van der Waals surface area contributed by atoms with E-state index < -0.39 is 5.60 Å². The van der Waals surface area contributed by atoms with Gasteiger partial charge in [0.2, 0.25) is 0 Å². The lowest BCUT2D eigenvalue weighted by molar-refractivity contribution is 0.0485. The lowest BCUT2D eigenvalue weighted by Crippen LogP contribution is -2.43. The van der Waals surface area contributed by atoms with Gasteiger partial charge in [-0.15, -0.1) is 0 Å². The van der Waals surface area contributed by atoms with E-state index in [2.05, 4.69) is 12.2 Å². The summed E-state index contributed by atoms with van der Waals surface area (Å²) < 4.78 is 7.01. The molecule has 0 bridgehead atoms. The summed E-state index contributed by atoms with van der Waals surface area (Å²) in [4.78, 5) is 11.5. The fourth-order valence-corrected chi connectivity index (χ4v) is 1.96. The second-order valence-corrected chi connectivity index (χ2v) is 6.55. The fraction of sp³-hybridized carbons (Fsp3) is 0.917. The first kappa shape index (κ1) is 14.6. The molecule has 0 saturated carbocycles. The van der Waals surface area contributed by atoms with Crippen LogP contribution >= 0.6 is 11.8 Å². The minimum Gasteiger partial charge on any atom is -0.444 e. The molecule has 1 saturated heterocycles. The SMILES string of the molecule is CC1(CNC(=O)OC(C)(C)C)CCN(Cl)CC1. The molecule has 0 atom stereocenters. The minimum absolute atomic E-state index is 0.127. The lowest BCUT2D eigenvalue weighted by atomic mass is 9.81. The van der Waals surface area contributed by atoms with Crippen LogP contribution in [-0.2, 0) is 4.74 Å². The monoisotopic (exact) mass is 262 g/mol. The largest absolute Gasteiger partial charge is 0.444 e. The van der Waals surface area contributed by atoms with E-state index in [0.717, 1.165) is 25.9 Å². The summed E-state index contributed by atoms with van der Waals surface area (Å²) in [6, 6.07) is 0. The number of amides is 1. The maximum absolute atomic E-state index is 11.5. The van der Waals surface area contributed by atoms with Crippen molar-refractivity contribution in [2.75, 3.05) is 19.6 Å². The molecule has 1 N–H and O–H groups in total. The third kappa shape index (κ3) is 5.59. The predicted octanol–water partition coefficient (Wildman–Crippen LogP) is 2.77. The number of ether oxygens (including phenoxy) is 1. The second kappa shape index (κ2) is 5.44. The van der Waals surface area contributed by atoms with Gasteiger partial charge in [-0.3, -0.25) is 0 Å². The van der Waals surface area contributed by atoms with Crippen molar-refractivity contribution >= 4 is 17.9 Å². The zero-order valence-electron chi connectivity index (χ0n) is 11.2. The molecule has 4 nitrogen and oxygen atoms in total. The Morgan fingerprint density at radius 3 is 2.41 bits per heavy atom. The molecule has 1 rings (SSSR count). The topological polar surface area (TPSA) is 41.6 Å². The zero-order valence-corrected chi connectivity index (χ0v) is 11.9. The van der Waals surface area contributed by atoms with Gasteiger partial charge >= 0.3 is 6.09 Å². The summed E-state index contributed by atoms with van der Waals surface area (Å²) >= 11 is 5.92. The average Bonchev–Trinajstić information content (AvgIpc) is 2.18. The van der Waals surface area contributed by atoms with E-state index in [1.54, 1.807) is 4.42 Å². The summed E-state index contributed by atoms with van der Waals surface area (Å²) in [5.41, 5.74) is -0.313. The van der Waals surface area contributed by atoms with Crippen molar-refractivity contribution in [3.63, 3.8) is 0 Å². The number of nitrogens with zero attached hydrogens (tertiary/aromatic N) is 1. The van der Waals surface area contributed by atoms with Gasteiger partial charge < -0.3 is 10.1 Å². The van der Waals surface area contributed by atoms with E-state index in [9.17, 15) is 4.79 Å². The fourth-order valence-electron chi connectivity index (χ4n) is 1.80. The van der Waals surface area contributed by atoms with E-state index in [1.165, 1.54) is 0 Å². The third-order valence-electron chi connectivity index (χ3n) is 2.97. The molecular weight excluding hydrogens is 240 g/mol. The van der Waals surface area contributed by atoms with E-state index in [4.69, 9.17) is 16.5 Å². The number of alkyl carbamates (subject to hydrolysis) is 1. The molecule has 1 heterocycles. The molecule has 1 fully saturated rings. The first-order valence-corrected chi connectivity index (χ1v) is 6.42. The van der Waals surface area contributed by atoms with Crippen molar-refractivity contribution in [3.05, 3.63) is 0 Å². The molecule has 0 aromatic carbocycles. The number of piperidine rings is 1. The molecule has 0 aromatic heterocycles. The van der Waals surface area contributed by atoms with Gasteiger partial charge in [0, 0.05) is 19.6 Å². The molecule has 1 amide bonds. The summed E-state index contributed by atoms with van der Waals surface area (Å²) in [7, 11) is 0. The van der Waals surface area contributed by atoms with E-state index in [0.29, 0.717) is 6.54 Å². The Bertz CT molecular complexity index is 268. The Morgan fingerprint density at radius 1 is 1.41 bits per heavy atom. The Labute approximate surface area is 109 Å². The average molecular weight is 263 g/mol. The van der Waals surface area contributed by atoms with Crippen molar-refractivity contribution in [1.82, 2.24) is 9.74 Å². The molecule has 0 spiro atoms. The maximum atomic E-state index is 11.5. The van der Waals surface area contributed by atoms with Gasteiger partial charge in [-0.25, -0.2) is 9.21 Å². The third-order valence-corrected chi connectivity index (χ3v) is 3.31. The van der Waals surface area contributed by atoms with Crippen LogP contribution in [0, 0.1) is 5.41 Å². The number of rotatable bonds is 2.